The molecule has 0 radical (unpaired) electrons. The van der Waals surface area contributed by atoms with Gasteiger partial charge in [0.05, 0.1) is 6.04 Å². The highest BCUT2D eigenvalue weighted by molar-refractivity contribution is 5.99. The van der Waals surface area contributed by atoms with Crippen molar-refractivity contribution in [2.24, 2.45) is 0 Å². The van der Waals surface area contributed by atoms with E-state index in [4.69, 9.17) is 0 Å². The fourth-order valence-electron chi connectivity index (χ4n) is 2.45. The van der Waals surface area contributed by atoms with Gasteiger partial charge in [0.25, 0.3) is 5.91 Å². The number of carbonyl (C=O) groups excluding carboxylic acids is 1. The van der Waals surface area contributed by atoms with Gasteiger partial charge in [-0.2, -0.15) is 0 Å². The Balaban J connectivity index is 2.12. The standard InChI is InChI=1S/C13H13NO/c15-13-12-6-2-1-4-10(12)7-8-11-5-3-9-14(11)13/h1-2,4,6-8,11H,3,5,9H2. The molecule has 1 fully saturated rings. The van der Waals surface area contributed by atoms with Crippen LogP contribution in [0.5, 0.6) is 0 Å². The molecule has 0 aromatic heterocycles. The van der Waals surface area contributed by atoms with E-state index < -0.39 is 0 Å². The second kappa shape index (κ2) is 3.23. The van der Waals surface area contributed by atoms with Gasteiger partial charge < -0.3 is 4.90 Å². The Hall–Kier alpha value is -1.57. The Kier molecular flexibility index (Phi) is 1.88. The summed E-state index contributed by atoms with van der Waals surface area (Å²) in [7, 11) is 0. The van der Waals surface area contributed by atoms with Gasteiger partial charge in [0.15, 0.2) is 0 Å². The molecule has 2 heteroatoms. The lowest BCUT2D eigenvalue weighted by molar-refractivity contribution is 0.0764. The average molecular weight is 199 g/mol. The third-order valence-corrected chi connectivity index (χ3v) is 3.25. The number of hydrogen-bond acceptors (Lipinski definition) is 1. The van der Waals surface area contributed by atoms with Crippen molar-refractivity contribution >= 4 is 12.0 Å². The summed E-state index contributed by atoms with van der Waals surface area (Å²) in [5, 5.41) is 0. The van der Waals surface area contributed by atoms with Gasteiger partial charge in [0, 0.05) is 12.1 Å². The Morgan fingerprint density at radius 1 is 1.27 bits per heavy atom. The molecule has 0 saturated carbocycles. The smallest absolute Gasteiger partial charge is 0.254 e. The Bertz CT molecular complexity index is 436. The third-order valence-electron chi connectivity index (χ3n) is 3.25. The van der Waals surface area contributed by atoms with Crippen molar-refractivity contribution in [3.63, 3.8) is 0 Å². The topological polar surface area (TPSA) is 20.3 Å². The van der Waals surface area contributed by atoms with Crippen LogP contribution in [0.3, 0.4) is 0 Å². The van der Waals surface area contributed by atoms with Gasteiger partial charge >= 0.3 is 0 Å². The van der Waals surface area contributed by atoms with Crippen molar-refractivity contribution in [1.82, 2.24) is 4.90 Å². The molecular formula is C13H13NO. The zero-order chi connectivity index (χ0) is 10.3. The SMILES string of the molecule is O=C1c2ccccc2C=CC2CCCN12. The predicted octanol–water partition coefficient (Wildman–Crippen LogP) is 2.32. The summed E-state index contributed by atoms with van der Waals surface area (Å²) in [5.41, 5.74) is 1.90. The van der Waals surface area contributed by atoms with Crippen molar-refractivity contribution in [1.29, 1.82) is 0 Å². The number of amides is 1. The maximum absolute atomic E-state index is 12.2. The molecule has 2 nitrogen and oxygen atoms in total. The van der Waals surface area contributed by atoms with Crippen molar-refractivity contribution < 1.29 is 4.79 Å². The van der Waals surface area contributed by atoms with Crippen molar-refractivity contribution in [3.05, 3.63) is 41.5 Å². The Morgan fingerprint density at radius 3 is 3.07 bits per heavy atom. The number of benzene rings is 1. The van der Waals surface area contributed by atoms with E-state index >= 15 is 0 Å². The van der Waals surface area contributed by atoms with Crippen LogP contribution in [0.25, 0.3) is 6.08 Å². The quantitative estimate of drug-likeness (QED) is 0.628. The fraction of sp³-hybridized carbons (Fsp3) is 0.308. The van der Waals surface area contributed by atoms with Crippen LogP contribution in [-0.2, 0) is 0 Å². The molecule has 1 unspecified atom stereocenters. The molecule has 3 rings (SSSR count). The van der Waals surface area contributed by atoms with Crippen LogP contribution >= 0.6 is 0 Å². The minimum atomic E-state index is 0.193. The van der Waals surface area contributed by atoms with Crippen LogP contribution in [0.1, 0.15) is 28.8 Å². The highest BCUT2D eigenvalue weighted by Crippen LogP contribution is 2.26. The monoisotopic (exact) mass is 199 g/mol. The minimum Gasteiger partial charge on any atom is -0.332 e. The Labute approximate surface area is 89.2 Å². The van der Waals surface area contributed by atoms with E-state index in [2.05, 4.69) is 12.2 Å². The fourth-order valence-corrected chi connectivity index (χ4v) is 2.45. The van der Waals surface area contributed by atoms with E-state index in [0.29, 0.717) is 6.04 Å². The molecule has 1 aromatic carbocycles. The molecule has 0 N–H and O–H groups in total. The zero-order valence-corrected chi connectivity index (χ0v) is 8.52. The molecule has 2 aliphatic rings. The number of carbonyl (C=O) groups is 1. The second-order valence-electron chi connectivity index (χ2n) is 4.15. The summed E-state index contributed by atoms with van der Waals surface area (Å²) in [5.74, 6) is 0.193. The van der Waals surface area contributed by atoms with Gasteiger partial charge in [-0.05, 0) is 24.5 Å². The van der Waals surface area contributed by atoms with Crippen LogP contribution in [0.15, 0.2) is 30.3 Å². The summed E-state index contributed by atoms with van der Waals surface area (Å²) in [6.07, 6.45) is 6.49. The van der Waals surface area contributed by atoms with Gasteiger partial charge in [-0.25, -0.2) is 0 Å². The third kappa shape index (κ3) is 1.29. The molecule has 1 amide bonds. The summed E-state index contributed by atoms with van der Waals surface area (Å²) in [4.78, 5) is 14.2. The van der Waals surface area contributed by atoms with Gasteiger partial charge in [-0.3, -0.25) is 4.79 Å². The normalized spacial score (nSPS) is 23.6. The first kappa shape index (κ1) is 8.72. The molecule has 2 aliphatic heterocycles. The molecular weight excluding hydrogens is 186 g/mol. The lowest BCUT2D eigenvalue weighted by Gasteiger charge is -2.20. The van der Waals surface area contributed by atoms with Crippen molar-refractivity contribution in [2.75, 3.05) is 6.54 Å². The molecule has 0 bridgehead atoms. The van der Waals surface area contributed by atoms with E-state index in [1.54, 1.807) is 0 Å². The average Bonchev–Trinajstić information content (AvgIpc) is 2.69. The highest BCUT2D eigenvalue weighted by Gasteiger charge is 2.30. The molecule has 1 atom stereocenters. The highest BCUT2D eigenvalue weighted by atomic mass is 16.2. The van der Waals surface area contributed by atoms with Gasteiger partial charge in [-0.1, -0.05) is 30.4 Å². The molecule has 0 spiro atoms. The van der Waals surface area contributed by atoms with E-state index in [9.17, 15) is 4.79 Å². The summed E-state index contributed by atoms with van der Waals surface area (Å²) in [6, 6.07) is 8.16. The van der Waals surface area contributed by atoms with Crippen LogP contribution in [-0.4, -0.2) is 23.4 Å². The molecule has 1 aromatic rings. The first-order chi connectivity index (χ1) is 7.36. The van der Waals surface area contributed by atoms with Crippen molar-refractivity contribution in [2.45, 2.75) is 18.9 Å². The number of fused-ring (bicyclic) bond motifs is 2. The van der Waals surface area contributed by atoms with E-state index in [1.165, 1.54) is 0 Å². The molecule has 1 saturated heterocycles. The van der Waals surface area contributed by atoms with Crippen molar-refractivity contribution in [3.8, 4) is 0 Å². The number of nitrogens with zero attached hydrogens (tertiary/aromatic N) is 1. The minimum absolute atomic E-state index is 0.193. The summed E-state index contributed by atoms with van der Waals surface area (Å²) < 4.78 is 0. The maximum Gasteiger partial charge on any atom is 0.254 e. The molecule has 15 heavy (non-hydrogen) atoms. The predicted molar refractivity (Wildman–Crippen MR) is 59.5 cm³/mol. The molecule has 76 valence electrons. The van der Waals surface area contributed by atoms with E-state index in [0.717, 1.165) is 30.5 Å². The molecule has 0 aliphatic carbocycles. The first-order valence-corrected chi connectivity index (χ1v) is 5.44. The summed E-state index contributed by atoms with van der Waals surface area (Å²) in [6.45, 7) is 0.905. The van der Waals surface area contributed by atoms with Crippen LogP contribution in [0, 0.1) is 0 Å². The number of hydrogen-bond donors (Lipinski definition) is 0. The lowest BCUT2D eigenvalue weighted by Crippen LogP contribution is -2.33. The van der Waals surface area contributed by atoms with Gasteiger partial charge in [-0.15, -0.1) is 0 Å². The number of rotatable bonds is 0. The van der Waals surface area contributed by atoms with Gasteiger partial charge in [0.2, 0.25) is 0 Å². The second-order valence-corrected chi connectivity index (χ2v) is 4.15. The van der Waals surface area contributed by atoms with E-state index in [-0.39, 0.29) is 5.91 Å². The summed E-state index contributed by atoms with van der Waals surface area (Å²) >= 11 is 0. The molecule has 2 heterocycles. The lowest BCUT2D eigenvalue weighted by atomic mass is 10.1. The maximum atomic E-state index is 12.2. The van der Waals surface area contributed by atoms with Gasteiger partial charge in [0.1, 0.15) is 0 Å². The van der Waals surface area contributed by atoms with E-state index in [1.807, 2.05) is 29.2 Å². The Morgan fingerprint density at radius 2 is 2.13 bits per heavy atom. The van der Waals surface area contributed by atoms with Crippen LogP contribution in [0.4, 0.5) is 0 Å². The van der Waals surface area contributed by atoms with Crippen LogP contribution < -0.4 is 0 Å². The zero-order valence-electron chi connectivity index (χ0n) is 8.52. The first-order valence-electron chi connectivity index (χ1n) is 5.44. The van der Waals surface area contributed by atoms with Crippen LogP contribution in [0.2, 0.25) is 0 Å². The largest absolute Gasteiger partial charge is 0.332 e.